The van der Waals surface area contributed by atoms with Crippen LogP contribution in [0.2, 0.25) is 0 Å². The van der Waals surface area contributed by atoms with E-state index in [1.54, 1.807) is 12.1 Å². The molecule has 6 heteroatoms. The van der Waals surface area contributed by atoms with E-state index in [0.717, 1.165) is 11.1 Å². The molecule has 2 amide bonds. The molecule has 33 heavy (non-hydrogen) atoms. The number of hydrogen-bond acceptors (Lipinski definition) is 4. The van der Waals surface area contributed by atoms with E-state index in [1.165, 1.54) is 7.11 Å². The van der Waals surface area contributed by atoms with Gasteiger partial charge in [-0.25, -0.2) is 4.79 Å². The number of amides is 2. The summed E-state index contributed by atoms with van der Waals surface area (Å²) in [5.74, 6) is -1.10. The molecule has 0 bridgehead atoms. The zero-order chi connectivity index (χ0) is 24.6. The van der Waals surface area contributed by atoms with Crippen molar-refractivity contribution in [2.24, 2.45) is 5.92 Å². The lowest BCUT2D eigenvalue weighted by atomic mass is 9.86. The van der Waals surface area contributed by atoms with Crippen molar-refractivity contribution in [3.63, 3.8) is 0 Å². The van der Waals surface area contributed by atoms with Crippen LogP contribution in [0.4, 0.5) is 0 Å². The average Bonchev–Trinajstić information content (AvgIpc) is 2.77. The minimum Gasteiger partial charge on any atom is -0.467 e. The van der Waals surface area contributed by atoms with Crippen LogP contribution in [0.25, 0.3) is 0 Å². The molecule has 0 fully saturated rings. The summed E-state index contributed by atoms with van der Waals surface area (Å²) in [6.07, 6.45) is 0.743. The van der Waals surface area contributed by atoms with Crippen LogP contribution >= 0.6 is 0 Å². The Balaban J connectivity index is 2.15. The van der Waals surface area contributed by atoms with Gasteiger partial charge in [-0.2, -0.15) is 0 Å². The lowest BCUT2D eigenvalue weighted by Gasteiger charge is -2.24. The highest BCUT2D eigenvalue weighted by atomic mass is 16.5. The maximum atomic E-state index is 13.1. The first-order chi connectivity index (χ1) is 15.5. The van der Waals surface area contributed by atoms with E-state index in [0.29, 0.717) is 18.4 Å². The molecule has 0 aliphatic heterocycles. The van der Waals surface area contributed by atoms with E-state index < -0.39 is 24.0 Å². The minimum absolute atomic E-state index is 0.0171. The minimum atomic E-state index is -0.845. The Morgan fingerprint density at radius 2 is 1.48 bits per heavy atom. The Labute approximate surface area is 197 Å². The standard InChI is InChI=1S/C27H36N2O4/c1-18(2)16-22(28-24(30)20-12-14-21(15-13-20)27(3,4)5)25(31)29-23(26(32)33-6)17-19-10-8-7-9-11-19/h7-15,18,22-23H,16-17H2,1-6H3,(H,28,30)(H,29,31)/t22-,23-/m0/s1. The van der Waals surface area contributed by atoms with Gasteiger partial charge < -0.3 is 15.4 Å². The van der Waals surface area contributed by atoms with Gasteiger partial charge in [0.2, 0.25) is 5.91 Å². The molecule has 2 N–H and O–H groups in total. The summed E-state index contributed by atoms with van der Waals surface area (Å²) in [5, 5.41) is 5.62. The summed E-state index contributed by atoms with van der Waals surface area (Å²) in [6.45, 7) is 10.3. The highest BCUT2D eigenvalue weighted by molar-refractivity contribution is 5.98. The van der Waals surface area contributed by atoms with Crippen LogP contribution in [0.1, 0.15) is 62.5 Å². The number of esters is 1. The van der Waals surface area contributed by atoms with Gasteiger partial charge in [0.1, 0.15) is 12.1 Å². The van der Waals surface area contributed by atoms with Gasteiger partial charge in [0.25, 0.3) is 5.91 Å². The predicted molar refractivity (Wildman–Crippen MR) is 130 cm³/mol. The number of carbonyl (C=O) groups is 3. The fourth-order valence-electron chi connectivity index (χ4n) is 3.52. The lowest BCUT2D eigenvalue weighted by Crippen LogP contribution is -2.52. The molecule has 2 atom stereocenters. The summed E-state index contributed by atoms with van der Waals surface area (Å²) in [7, 11) is 1.29. The Morgan fingerprint density at radius 1 is 0.879 bits per heavy atom. The summed E-state index contributed by atoms with van der Waals surface area (Å²) in [6, 6.07) is 15.2. The molecule has 0 aliphatic rings. The van der Waals surface area contributed by atoms with Gasteiger partial charge in [-0.3, -0.25) is 9.59 Å². The molecular formula is C27H36N2O4. The van der Waals surface area contributed by atoms with Gasteiger partial charge in [-0.15, -0.1) is 0 Å². The molecule has 2 rings (SSSR count). The van der Waals surface area contributed by atoms with Crippen molar-refractivity contribution in [1.82, 2.24) is 10.6 Å². The van der Waals surface area contributed by atoms with Gasteiger partial charge in [-0.1, -0.05) is 77.1 Å². The van der Waals surface area contributed by atoms with E-state index in [9.17, 15) is 14.4 Å². The maximum Gasteiger partial charge on any atom is 0.328 e. The lowest BCUT2D eigenvalue weighted by molar-refractivity contribution is -0.145. The normalized spacial score (nSPS) is 13.2. The first-order valence-corrected chi connectivity index (χ1v) is 11.3. The molecular weight excluding hydrogens is 416 g/mol. The fourth-order valence-corrected chi connectivity index (χ4v) is 3.52. The Hall–Kier alpha value is -3.15. The third kappa shape index (κ3) is 8.04. The van der Waals surface area contributed by atoms with Crippen LogP contribution in [-0.2, 0) is 26.2 Å². The van der Waals surface area contributed by atoms with E-state index >= 15 is 0 Å². The molecule has 178 valence electrons. The number of methoxy groups -OCH3 is 1. The molecule has 0 saturated heterocycles. The van der Waals surface area contributed by atoms with Gasteiger partial charge >= 0.3 is 5.97 Å². The summed E-state index contributed by atoms with van der Waals surface area (Å²) < 4.78 is 4.89. The topological polar surface area (TPSA) is 84.5 Å². The quantitative estimate of drug-likeness (QED) is 0.563. The Kier molecular flexibility index (Phi) is 9.21. The molecule has 0 radical (unpaired) electrons. The molecule has 0 unspecified atom stereocenters. The third-order valence-corrected chi connectivity index (χ3v) is 5.43. The smallest absolute Gasteiger partial charge is 0.328 e. The summed E-state index contributed by atoms with van der Waals surface area (Å²) >= 11 is 0. The van der Waals surface area contributed by atoms with Gasteiger partial charge in [0.05, 0.1) is 7.11 Å². The second-order valence-electron chi connectivity index (χ2n) is 9.76. The SMILES string of the molecule is COC(=O)[C@H](Cc1ccccc1)NC(=O)[C@H](CC(C)C)NC(=O)c1ccc(C(C)(C)C)cc1. The highest BCUT2D eigenvalue weighted by Gasteiger charge is 2.28. The van der Waals surface area contributed by atoms with Crippen molar-refractivity contribution >= 4 is 17.8 Å². The maximum absolute atomic E-state index is 13.1. The van der Waals surface area contributed by atoms with Crippen molar-refractivity contribution in [3.8, 4) is 0 Å². The second-order valence-corrected chi connectivity index (χ2v) is 9.76. The van der Waals surface area contributed by atoms with Crippen molar-refractivity contribution in [3.05, 3.63) is 71.3 Å². The van der Waals surface area contributed by atoms with Crippen LogP contribution in [-0.4, -0.2) is 37.0 Å². The summed E-state index contributed by atoms with van der Waals surface area (Å²) in [4.78, 5) is 38.3. The average molecular weight is 453 g/mol. The van der Waals surface area contributed by atoms with Crippen LogP contribution < -0.4 is 10.6 Å². The van der Waals surface area contributed by atoms with E-state index in [-0.39, 0.29) is 17.2 Å². The van der Waals surface area contributed by atoms with Crippen LogP contribution in [0.15, 0.2) is 54.6 Å². The van der Waals surface area contributed by atoms with Crippen molar-refractivity contribution in [2.45, 2.75) is 65.0 Å². The van der Waals surface area contributed by atoms with E-state index in [1.807, 2.05) is 56.3 Å². The number of benzene rings is 2. The van der Waals surface area contributed by atoms with Gasteiger partial charge in [-0.05, 0) is 41.0 Å². The molecule has 0 heterocycles. The van der Waals surface area contributed by atoms with Crippen LogP contribution in [0.3, 0.4) is 0 Å². The first-order valence-electron chi connectivity index (χ1n) is 11.3. The third-order valence-electron chi connectivity index (χ3n) is 5.43. The summed E-state index contributed by atoms with van der Waals surface area (Å²) in [5.41, 5.74) is 2.49. The number of hydrogen-bond donors (Lipinski definition) is 2. The molecule has 6 nitrogen and oxygen atoms in total. The largest absolute Gasteiger partial charge is 0.467 e. The molecule has 0 aliphatic carbocycles. The Morgan fingerprint density at radius 3 is 2.00 bits per heavy atom. The van der Waals surface area contributed by atoms with Crippen molar-refractivity contribution in [2.75, 3.05) is 7.11 Å². The monoisotopic (exact) mass is 452 g/mol. The van der Waals surface area contributed by atoms with Gasteiger partial charge in [0.15, 0.2) is 0 Å². The van der Waals surface area contributed by atoms with Crippen LogP contribution in [0.5, 0.6) is 0 Å². The fraction of sp³-hybridized carbons (Fsp3) is 0.444. The zero-order valence-electron chi connectivity index (χ0n) is 20.5. The molecule has 0 aromatic heterocycles. The highest BCUT2D eigenvalue weighted by Crippen LogP contribution is 2.22. The van der Waals surface area contributed by atoms with Crippen LogP contribution in [0, 0.1) is 5.92 Å². The zero-order valence-corrected chi connectivity index (χ0v) is 20.5. The second kappa shape index (κ2) is 11.6. The number of nitrogens with one attached hydrogen (secondary N) is 2. The molecule has 2 aromatic rings. The molecule has 0 saturated carbocycles. The number of rotatable bonds is 9. The number of ether oxygens (including phenoxy) is 1. The van der Waals surface area contributed by atoms with E-state index in [2.05, 4.69) is 31.4 Å². The Bertz CT molecular complexity index is 931. The molecule has 2 aromatic carbocycles. The van der Waals surface area contributed by atoms with Crippen molar-refractivity contribution < 1.29 is 19.1 Å². The number of carbonyl (C=O) groups excluding carboxylic acids is 3. The molecule has 0 spiro atoms. The predicted octanol–water partition coefficient (Wildman–Crippen LogP) is 4.03. The van der Waals surface area contributed by atoms with Gasteiger partial charge in [0, 0.05) is 12.0 Å². The van der Waals surface area contributed by atoms with E-state index in [4.69, 9.17) is 4.74 Å². The van der Waals surface area contributed by atoms with Crippen molar-refractivity contribution in [1.29, 1.82) is 0 Å². The first kappa shape index (κ1) is 26.1.